The van der Waals surface area contributed by atoms with Crippen LogP contribution in [0.5, 0.6) is 0 Å². The number of nitriles is 1. The first-order valence-electron chi connectivity index (χ1n) is 6.19. The van der Waals surface area contributed by atoms with Crippen LogP contribution >= 0.6 is 11.6 Å². The van der Waals surface area contributed by atoms with Crippen molar-refractivity contribution >= 4 is 17.3 Å². The Morgan fingerprint density at radius 2 is 1.95 bits per heavy atom. The molecule has 1 unspecified atom stereocenters. The maximum absolute atomic E-state index is 9.10. The summed E-state index contributed by atoms with van der Waals surface area (Å²) in [6.07, 6.45) is 0.911. The van der Waals surface area contributed by atoms with E-state index in [1.54, 1.807) is 12.1 Å². The molecule has 2 nitrogen and oxygen atoms in total. The summed E-state index contributed by atoms with van der Waals surface area (Å²) in [6.45, 7) is 2.10. The Kier molecular flexibility index (Phi) is 4.43. The van der Waals surface area contributed by atoms with Gasteiger partial charge in [-0.25, -0.2) is 0 Å². The Morgan fingerprint density at radius 1 is 1.21 bits per heavy atom. The zero-order valence-corrected chi connectivity index (χ0v) is 11.5. The average Bonchev–Trinajstić information content (AvgIpc) is 2.42. The maximum atomic E-state index is 9.10. The van der Waals surface area contributed by atoms with Gasteiger partial charge in [0.2, 0.25) is 0 Å². The highest BCUT2D eigenvalue weighted by molar-refractivity contribution is 6.30. The van der Waals surface area contributed by atoms with Crippen molar-refractivity contribution in [3.63, 3.8) is 0 Å². The largest absolute Gasteiger partial charge is 0.381 e. The van der Waals surface area contributed by atoms with Gasteiger partial charge in [0.05, 0.1) is 11.3 Å². The zero-order chi connectivity index (χ0) is 13.7. The Balaban J connectivity index is 2.07. The number of benzene rings is 2. The van der Waals surface area contributed by atoms with Crippen LogP contribution in [0.1, 0.15) is 18.1 Å². The van der Waals surface area contributed by atoms with E-state index in [-0.39, 0.29) is 6.04 Å². The lowest BCUT2D eigenvalue weighted by Gasteiger charge is -2.16. The topological polar surface area (TPSA) is 35.8 Å². The summed E-state index contributed by atoms with van der Waals surface area (Å²) in [5.41, 5.74) is 2.68. The van der Waals surface area contributed by atoms with Gasteiger partial charge in [0.1, 0.15) is 6.07 Å². The molecule has 0 aliphatic heterocycles. The molecule has 0 amide bonds. The molecule has 1 atom stereocenters. The summed E-state index contributed by atoms with van der Waals surface area (Å²) in [5, 5.41) is 13.0. The van der Waals surface area contributed by atoms with Gasteiger partial charge in [0.15, 0.2) is 0 Å². The SMILES string of the molecule is CC(Cc1ccccc1)Nc1ccc(Cl)cc1C#N. The number of anilines is 1. The fourth-order valence-corrected chi connectivity index (χ4v) is 2.19. The molecular weight excluding hydrogens is 256 g/mol. The summed E-state index contributed by atoms with van der Waals surface area (Å²) in [4.78, 5) is 0. The lowest BCUT2D eigenvalue weighted by Crippen LogP contribution is -2.18. The summed E-state index contributed by atoms with van der Waals surface area (Å²) in [5.74, 6) is 0. The minimum Gasteiger partial charge on any atom is -0.381 e. The van der Waals surface area contributed by atoms with Crippen molar-refractivity contribution in [3.05, 3.63) is 64.7 Å². The molecule has 0 radical (unpaired) electrons. The Bertz CT molecular complexity index is 587. The van der Waals surface area contributed by atoms with Crippen LogP contribution in [0.15, 0.2) is 48.5 Å². The normalized spacial score (nSPS) is 11.6. The van der Waals surface area contributed by atoms with Crippen molar-refractivity contribution in [2.24, 2.45) is 0 Å². The molecule has 0 spiro atoms. The van der Waals surface area contributed by atoms with Crippen LogP contribution in [0.25, 0.3) is 0 Å². The van der Waals surface area contributed by atoms with E-state index in [1.807, 2.05) is 24.3 Å². The standard InChI is InChI=1S/C16H15ClN2/c1-12(9-13-5-3-2-4-6-13)19-16-8-7-15(17)10-14(16)11-18/h2-8,10,12,19H,9H2,1H3. The van der Waals surface area contributed by atoms with Gasteiger partial charge in [-0.05, 0) is 37.1 Å². The number of nitrogens with zero attached hydrogens (tertiary/aromatic N) is 1. The van der Waals surface area contributed by atoms with Crippen LogP contribution in [0.2, 0.25) is 5.02 Å². The molecule has 2 aromatic rings. The van der Waals surface area contributed by atoms with Crippen molar-refractivity contribution in [1.29, 1.82) is 5.26 Å². The molecule has 0 saturated carbocycles. The minimum atomic E-state index is 0.246. The van der Waals surface area contributed by atoms with Crippen molar-refractivity contribution in [1.82, 2.24) is 0 Å². The average molecular weight is 271 g/mol. The molecule has 2 aromatic carbocycles. The Labute approximate surface area is 118 Å². The number of nitrogens with one attached hydrogen (secondary N) is 1. The lowest BCUT2D eigenvalue weighted by molar-refractivity contribution is 0.790. The van der Waals surface area contributed by atoms with E-state index in [1.165, 1.54) is 5.56 Å². The fourth-order valence-electron chi connectivity index (χ4n) is 2.02. The predicted octanol–water partition coefficient (Wildman–Crippen LogP) is 4.25. The third kappa shape index (κ3) is 3.74. The van der Waals surface area contributed by atoms with E-state index in [0.717, 1.165) is 12.1 Å². The molecule has 19 heavy (non-hydrogen) atoms. The van der Waals surface area contributed by atoms with Crippen molar-refractivity contribution in [2.45, 2.75) is 19.4 Å². The third-order valence-corrected chi connectivity index (χ3v) is 3.12. The van der Waals surface area contributed by atoms with E-state index < -0.39 is 0 Å². The van der Waals surface area contributed by atoms with Crippen molar-refractivity contribution in [3.8, 4) is 6.07 Å². The summed E-state index contributed by atoms with van der Waals surface area (Å²) < 4.78 is 0. The van der Waals surface area contributed by atoms with Crippen LogP contribution < -0.4 is 5.32 Å². The summed E-state index contributed by atoms with van der Waals surface area (Å²) in [6, 6.07) is 18.0. The second-order valence-electron chi connectivity index (χ2n) is 4.54. The van der Waals surface area contributed by atoms with Gasteiger partial charge in [-0.1, -0.05) is 41.9 Å². The molecule has 0 aliphatic rings. The number of hydrogen-bond acceptors (Lipinski definition) is 2. The van der Waals surface area contributed by atoms with Crippen LogP contribution in [-0.2, 0) is 6.42 Å². The van der Waals surface area contributed by atoms with Crippen LogP contribution in [0.3, 0.4) is 0 Å². The van der Waals surface area contributed by atoms with Gasteiger partial charge in [0.25, 0.3) is 0 Å². The summed E-state index contributed by atoms with van der Waals surface area (Å²) in [7, 11) is 0. The highest BCUT2D eigenvalue weighted by Crippen LogP contribution is 2.21. The fraction of sp³-hybridized carbons (Fsp3) is 0.188. The Hall–Kier alpha value is -1.98. The first-order valence-corrected chi connectivity index (χ1v) is 6.57. The lowest BCUT2D eigenvalue weighted by atomic mass is 10.1. The molecular formula is C16H15ClN2. The van der Waals surface area contributed by atoms with Gasteiger partial charge in [-0.3, -0.25) is 0 Å². The monoisotopic (exact) mass is 270 g/mol. The molecule has 0 aliphatic carbocycles. The third-order valence-electron chi connectivity index (χ3n) is 2.89. The minimum absolute atomic E-state index is 0.246. The van der Waals surface area contributed by atoms with Crippen molar-refractivity contribution in [2.75, 3.05) is 5.32 Å². The predicted molar refractivity (Wildman–Crippen MR) is 79.4 cm³/mol. The second-order valence-corrected chi connectivity index (χ2v) is 4.97. The molecule has 0 bridgehead atoms. The number of halogens is 1. The van der Waals surface area contributed by atoms with Crippen LogP contribution in [0.4, 0.5) is 5.69 Å². The van der Waals surface area contributed by atoms with E-state index >= 15 is 0 Å². The molecule has 0 fully saturated rings. The van der Waals surface area contributed by atoms with Crippen molar-refractivity contribution < 1.29 is 0 Å². The second kappa shape index (κ2) is 6.26. The van der Waals surface area contributed by atoms with Gasteiger partial charge in [0, 0.05) is 11.1 Å². The smallest absolute Gasteiger partial charge is 0.101 e. The molecule has 0 aromatic heterocycles. The van der Waals surface area contributed by atoms with Gasteiger partial charge in [-0.15, -0.1) is 0 Å². The summed E-state index contributed by atoms with van der Waals surface area (Å²) >= 11 is 5.88. The first kappa shape index (κ1) is 13.5. The van der Waals surface area contributed by atoms with Gasteiger partial charge >= 0.3 is 0 Å². The molecule has 1 N–H and O–H groups in total. The van der Waals surface area contributed by atoms with Crippen LogP contribution in [-0.4, -0.2) is 6.04 Å². The van der Waals surface area contributed by atoms with Gasteiger partial charge in [-0.2, -0.15) is 5.26 Å². The van der Waals surface area contributed by atoms with Gasteiger partial charge < -0.3 is 5.32 Å². The zero-order valence-electron chi connectivity index (χ0n) is 10.7. The molecule has 0 heterocycles. The first-order chi connectivity index (χ1) is 9.19. The van der Waals surface area contributed by atoms with E-state index in [0.29, 0.717) is 10.6 Å². The highest BCUT2D eigenvalue weighted by atomic mass is 35.5. The molecule has 2 rings (SSSR count). The number of rotatable bonds is 4. The Morgan fingerprint density at radius 3 is 2.63 bits per heavy atom. The van der Waals surface area contributed by atoms with E-state index in [2.05, 4.69) is 30.4 Å². The maximum Gasteiger partial charge on any atom is 0.101 e. The molecule has 3 heteroatoms. The van der Waals surface area contributed by atoms with E-state index in [4.69, 9.17) is 16.9 Å². The highest BCUT2D eigenvalue weighted by Gasteiger charge is 2.07. The molecule has 96 valence electrons. The number of hydrogen-bond donors (Lipinski definition) is 1. The quantitative estimate of drug-likeness (QED) is 0.901. The molecule has 0 saturated heterocycles. The van der Waals surface area contributed by atoms with E-state index in [9.17, 15) is 0 Å². The van der Waals surface area contributed by atoms with Crippen LogP contribution in [0, 0.1) is 11.3 Å².